The number of fused-ring (bicyclic) bond motifs is 1. The first-order chi connectivity index (χ1) is 12.2. The van der Waals surface area contributed by atoms with Gasteiger partial charge in [-0.15, -0.1) is 0 Å². The number of aromatic nitrogens is 2. The Balaban J connectivity index is 1.42. The van der Waals surface area contributed by atoms with E-state index in [1.54, 1.807) is 6.20 Å². The fraction of sp³-hybridized carbons (Fsp3) is 0.526. The second-order valence-corrected chi connectivity index (χ2v) is 7.28. The summed E-state index contributed by atoms with van der Waals surface area (Å²) in [5.41, 5.74) is -0.0709. The largest absolute Gasteiger partial charge is 0.356 e. The maximum Gasteiger partial charge on any atom is 0.275 e. The molecule has 6 heteroatoms. The molecule has 1 N–H and O–H groups in total. The van der Waals surface area contributed by atoms with Gasteiger partial charge in [0.2, 0.25) is 5.91 Å². The minimum atomic E-state index is -0.0709. The molecule has 6 nitrogen and oxygen atoms in total. The highest BCUT2D eigenvalue weighted by Crippen LogP contribution is 2.28. The maximum absolute atomic E-state index is 12.6. The Morgan fingerprint density at radius 2 is 2.08 bits per heavy atom. The smallest absolute Gasteiger partial charge is 0.275 e. The van der Waals surface area contributed by atoms with Crippen molar-refractivity contribution in [1.29, 1.82) is 0 Å². The van der Waals surface area contributed by atoms with Gasteiger partial charge in [-0.1, -0.05) is 18.2 Å². The van der Waals surface area contributed by atoms with Crippen LogP contribution in [0.5, 0.6) is 0 Å². The number of benzene rings is 1. The molecular formula is C19H24N4O2. The van der Waals surface area contributed by atoms with Crippen molar-refractivity contribution in [1.82, 2.24) is 20.0 Å². The van der Waals surface area contributed by atoms with Gasteiger partial charge >= 0.3 is 0 Å². The Kier molecular flexibility index (Phi) is 4.53. The SMILES string of the molecule is O=C(NCC1CC1)C1CCCN(Cn2ncc3ccccc3c2=O)C1. The molecule has 2 fully saturated rings. The van der Waals surface area contributed by atoms with Crippen LogP contribution in [0.2, 0.25) is 0 Å². The molecule has 25 heavy (non-hydrogen) atoms. The van der Waals surface area contributed by atoms with E-state index in [1.165, 1.54) is 17.5 Å². The third kappa shape index (κ3) is 3.74. The maximum atomic E-state index is 12.6. The van der Waals surface area contributed by atoms with Gasteiger partial charge in [-0.05, 0) is 44.2 Å². The van der Waals surface area contributed by atoms with E-state index in [2.05, 4.69) is 15.3 Å². The lowest BCUT2D eigenvalue weighted by atomic mass is 9.97. The van der Waals surface area contributed by atoms with Crippen LogP contribution in [0.4, 0.5) is 0 Å². The van der Waals surface area contributed by atoms with Crippen molar-refractivity contribution < 1.29 is 4.79 Å². The number of nitrogens with one attached hydrogen (secondary N) is 1. The summed E-state index contributed by atoms with van der Waals surface area (Å²) in [5.74, 6) is 0.878. The fourth-order valence-electron chi connectivity index (χ4n) is 3.53. The number of rotatable bonds is 5. The van der Waals surface area contributed by atoms with E-state index in [0.29, 0.717) is 24.5 Å². The zero-order valence-corrected chi connectivity index (χ0v) is 14.4. The summed E-state index contributed by atoms with van der Waals surface area (Å²) < 4.78 is 1.51. The number of piperidine rings is 1. The highest BCUT2D eigenvalue weighted by Gasteiger charge is 2.28. The normalized spacial score (nSPS) is 21.4. The van der Waals surface area contributed by atoms with E-state index in [9.17, 15) is 9.59 Å². The van der Waals surface area contributed by atoms with Gasteiger partial charge < -0.3 is 5.32 Å². The molecule has 0 radical (unpaired) electrons. The van der Waals surface area contributed by atoms with Crippen molar-refractivity contribution in [2.45, 2.75) is 32.4 Å². The number of nitrogens with zero attached hydrogens (tertiary/aromatic N) is 3. The first kappa shape index (κ1) is 16.3. The molecule has 1 aliphatic heterocycles. The predicted molar refractivity (Wildman–Crippen MR) is 96.0 cm³/mol. The van der Waals surface area contributed by atoms with Crippen molar-refractivity contribution in [3.05, 3.63) is 40.8 Å². The van der Waals surface area contributed by atoms with Gasteiger partial charge in [-0.25, -0.2) is 4.68 Å². The summed E-state index contributed by atoms with van der Waals surface area (Å²) >= 11 is 0. The molecule has 4 rings (SSSR count). The third-order valence-corrected chi connectivity index (χ3v) is 5.23. The molecule has 2 heterocycles. The summed E-state index contributed by atoms with van der Waals surface area (Å²) in [6.45, 7) is 2.85. The van der Waals surface area contributed by atoms with Crippen LogP contribution >= 0.6 is 0 Å². The average molecular weight is 340 g/mol. The van der Waals surface area contributed by atoms with Crippen LogP contribution < -0.4 is 10.9 Å². The van der Waals surface area contributed by atoms with Gasteiger partial charge in [0.15, 0.2) is 0 Å². The highest BCUT2D eigenvalue weighted by atomic mass is 16.2. The molecule has 1 unspecified atom stereocenters. The average Bonchev–Trinajstić information content (AvgIpc) is 3.47. The number of carbonyl (C=O) groups is 1. The number of carbonyl (C=O) groups excluding carboxylic acids is 1. The third-order valence-electron chi connectivity index (χ3n) is 5.23. The molecule has 0 bridgehead atoms. The van der Waals surface area contributed by atoms with E-state index >= 15 is 0 Å². The zero-order chi connectivity index (χ0) is 17.2. The first-order valence-electron chi connectivity index (χ1n) is 9.15. The van der Waals surface area contributed by atoms with Crippen LogP contribution in [-0.2, 0) is 11.5 Å². The van der Waals surface area contributed by atoms with Crippen molar-refractivity contribution in [2.75, 3.05) is 19.6 Å². The van der Waals surface area contributed by atoms with Crippen molar-refractivity contribution >= 4 is 16.7 Å². The van der Waals surface area contributed by atoms with Crippen molar-refractivity contribution in [2.24, 2.45) is 11.8 Å². The number of amides is 1. The highest BCUT2D eigenvalue weighted by molar-refractivity contribution is 5.80. The van der Waals surface area contributed by atoms with Crippen LogP contribution in [0, 0.1) is 11.8 Å². The van der Waals surface area contributed by atoms with Crippen LogP contribution in [0.3, 0.4) is 0 Å². The molecule has 1 aliphatic carbocycles. The Morgan fingerprint density at radius 3 is 2.92 bits per heavy atom. The number of hydrogen-bond acceptors (Lipinski definition) is 4. The van der Waals surface area contributed by atoms with Gasteiger partial charge in [0.25, 0.3) is 5.56 Å². The zero-order valence-electron chi connectivity index (χ0n) is 14.4. The molecule has 1 aromatic heterocycles. The number of likely N-dealkylation sites (tertiary alicyclic amines) is 1. The molecule has 2 aliphatic rings. The van der Waals surface area contributed by atoms with E-state index in [4.69, 9.17) is 0 Å². The Morgan fingerprint density at radius 1 is 1.24 bits per heavy atom. The summed E-state index contributed by atoms with van der Waals surface area (Å²) in [6.07, 6.45) is 6.12. The van der Waals surface area contributed by atoms with Crippen LogP contribution in [0.1, 0.15) is 25.7 Å². The van der Waals surface area contributed by atoms with Gasteiger partial charge in [0.05, 0.1) is 24.2 Å². The lowest BCUT2D eigenvalue weighted by molar-refractivity contribution is -0.127. The van der Waals surface area contributed by atoms with E-state index in [-0.39, 0.29) is 17.4 Å². The molecule has 0 spiro atoms. The molecule has 1 saturated heterocycles. The van der Waals surface area contributed by atoms with E-state index in [0.717, 1.165) is 31.3 Å². The Hall–Kier alpha value is -2.21. The summed E-state index contributed by atoms with van der Waals surface area (Å²) in [5, 5.41) is 8.93. The van der Waals surface area contributed by atoms with Gasteiger partial charge in [0, 0.05) is 18.5 Å². The van der Waals surface area contributed by atoms with Crippen LogP contribution in [0.15, 0.2) is 35.3 Å². The lowest BCUT2D eigenvalue weighted by Gasteiger charge is -2.31. The molecule has 1 aromatic carbocycles. The van der Waals surface area contributed by atoms with Gasteiger partial charge in [0.1, 0.15) is 0 Å². The van der Waals surface area contributed by atoms with Crippen molar-refractivity contribution in [3.8, 4) is 0 Å². The van der Waals surface area contributed by atoms with Crippen molar-refractivity contribution in [3.63, 3.8) is 0 Å². The topological polar surface area (TPSA) is 67.2 Å². The molecule has 1 atom stereocenters. The monoisotopic (exact) mass is 340 g/mol. The van der Waals surface area contributed by atoms with Gasteiger partial charge in [-0.3, -0.25) is 14.5 Å². The standard InChI is InChI=1S/C19H24N4O2/c24-18(20-10-14-7-8-14)16-5-3-9-22(12-16)13-23-19(25)17-6-2-1-4-15(17)11-21-23/h1-2,4,6,11,14,16H,3,5,7-10,12-13H2,(H,20,24). The van der Waals surface area contributed by atoms with Crippen LogP contribution in [0.25, 0.3) is 10.8 Å². The first-order valence-corrected chi connectivity index (χ1v) is 9.15. The second kappa shape index (κ2) is 6.96. The Labute approximate surface area is 146 Å². The van der Waals surface area contributed by atoms with Gasteiger partial charge in [-0.2, -0.15) is 5.10 Å². The molecular weight excluding hydrogens is 316 g/mol. The predicted octanol–water partition coefficient (Wildman–Crippen LogP) is 1.59. The van der Waals surface area contributed by atoms with E-state index in [1.807, 2.05) is 24.3 Å². The molecule has 2 aromatic rings. The fourth-order valence-corrected chi connectivity index (χ4v) is 3.53. The second-order valence-electron chi connectivity index (χ2n) is 7.28. The lowest BCUT2D eigenvalue weighted by Crippen LogP contribution is -2.45. The minimum absolute atomic E-state index is 0.0173. The summed E-state index contributed by atoms with van der Waals surface area (Å²) in [6, 6.07) is 7.51. The molecule has 1 saturated carbocycles. The Bertz CT molecular complexity index is 828. The molecule has 132 valence electrons. The summed E-state index contributed by atoms with van der Waals surface area (Å²) in [4.78, 5) is 27.1. The quantitative estimate of drug-likeness (QED) is 0.898. The number of hydrogen-bond donors (Lipinski definition) is 1. The minimum Gasteiger partial charge on any atom is -0.356 e. The van der Waals surface area contributed by atoms with Crippen LogP contribution in [-0.4, -0.2) is 40.2 Å². The summed E-state index contributed by atoms with van der Waals surface area (Å²) in [7, 11) is 0. The molecule has 1 amide bonds. The van der Waals surface area contributed by atoms with E-state index < -0.39 is 0 Å².